The number of halogens is 3. The molecule has 106 valence electrons. The van der Waals surface area contributed by atoms with Gasteiger partial charge in [-0.15, -0.1) is 0 Å². The predicted octanol–water partition coefficient (Wildman–Crippen LogP) is 2.79. The lowest BCUT2D eigenvalue weighted by molar-refractivity contribution is -0.117. The normalized spacial score (nSPS) is 12.5. The van der Waals surface area contributed by atoms with Gasteiger partial charge < -0.3 is 5.32 Å². The maximum Gasteiger partial charge on any atom is 0.341 e. The monoisotopic (exact) mass is 355 g/mol. The highest BCUT2D eigenvalue weighted by molar-refractivity contribution is 9.10. The van der Waals surface area contributed by atoms with Crippen LogP contribution in [-0.2, 0) is 14.6 Å². The van der Waals surface area contributed by atoms with Crippen LogP contribution in [-0.4, -0.2) is 24.4 Å². The molecule has 0 radical (unpaired) electrons. The second-order valence-corrected chi connectivity index (χ2v) is 8.10. The summed E-state index contributed by atoms with van der Waals surface area (Å²) in [5.74, 6) is -4.08. The topological polar surface area (TPSA) is 63.2 Å². The summed E-state index contributed by atoms with van der Waals surface area (Å²) in [7, 11) is -4.76. The summed E-state index contributed by atoms with van der Waals surface area (Å²) >= 11 is 3.10. The highest BCUT2D eigenvalue weighted by Crippen LogP contribution is 2.27. The van der Waals surface area contributed by atoms with E-state index in [1.165, 1.54) is 18.2 Å². The van der Waals surface area contributed by atoms with E-state index in [4.69, 9.17) is 0 Å². The fraction of sp³-hybridized carbons (Fsp3) is 0.364. The summed E-state index contributed by atoms with van der Waals surface area (Å²) in [6.45, 7) is 3.10. The number of amides is 1. The minimum Gasteiger partial charge on any atom is -0.324 e. The van der Waals surface area contributed by atoms with Crippen LogP contribution in [0.5, 0.6) is 0 Å². The first kappa shape index (κ1) is 16.0. The molecule has 0 unspecified atom stereocenters. The quantitative estimate of drug-likeness (QED) is 0.844. The van der Waals surface area contributed by atoms with Crippen molar-refractivity contribution in [1.29, 1.82) is 0 Å². The van der Waals surface area contributed by atoms with E-state index < -0.39 is 30.7 Å². The molecule has 0 aliphatic rings. The fourth-order valence-corrected chi connectivity index (χ4v) is 2.17. The molecule has 0 aliphatic carbocycles. The Hall–Kier alpha value is -1.02. The van der Waals surface area contributed by atoms with Crippen molar-refractivity contribution in [1.82, 2.24) is 0 Å². The zero-order valence-electron chi connectivity index (χ0n) is 10.2. The van der Waals surface area contributed by atoms with Crippen LogP contribution >= 0.6 is 15.9 Å². The number of carbonyl (C=O) groups excluding carboxylic acids is 1. The lowest BCUT2D eigenvalue weighted by atomic mass is 10.2. The second kappa shape index (κ2) is 5.54. The van der Waals surface area contributed by atoms with Crippen LogP contribution in [0.1, 0.15) is 13.8 Å². The van der Waals surface area contributed by atoms with Gasteiger partial charge in [-0.2, -0.15) is 8.78 Å². The number of carbonyl (C=O) groups is 1. The standard InChI is InChI=1S/C11H12BrF2NO3S/c1-11(2,12)9(16)15-7-5-3-4-6-8(7)19(17,18)10(13)14/h3-6,10H,1-2H3,(H,15,16). The molecule has 0 aromatic heterocycles. The molecule has 0 saturated heterocycles. The molecule has 0 fully saturated rings. The van der Waals surface area contributed by atoms with Crippen molar-refractivity contribution >= 4 is 37.4 Å². The molecule has 0 bridgehead atoms. The summed E-state index contributed by atoms with van der Waals surface area (Å²) in [5.41, 5.74) is -0.166. The molecule has 1 N–H and O–H groups in total. The van der Waals surface area contributed by atoms with Gasteiger partial charge in [-0.1, -0.05) is 28.1 Å². The van der Waals surface area contributed by atoms with E-state index in [9.17, 15) is 22.0 Å². The van der Waals surface area contributed by atoms with E-state index in [0.29, 0.717) is 0 Å². The van der Waals surface area contributed by atoms with Gasteiger partial charge in [0.2, 0.25) is 15.7 Å². The smallest absolute Gasteiger partial charge is 0.324 e. The molecular weight excluding hydrogens is 344 g/mol. The maximum absolute atomic E-state index is 12.5. The van der Waals surface area contributed by atoms with Gasteiger partial charge in [0.1, 0.15) is 0 Å². The van der Waals surface area contributed by atoms with Crippen LogP contribution in [0.25, 0.3) is 0 Å². The molecule has 1 aromatic rings. The van der Waals surface area contributed by atoms with Gasteiger partial charge in [0.15, 0.2) is 0 Å². The minimum atomic E-state index is -4.76. The number of sulfone groups is 1. The van der Waals surface area contributed by atoms with Crippen molar-refractivity contribution < 1.29 is 22.0 Å². The Bertz CT molecular complexity index is 582. The number of hydrogen-bond acceptors (Lipinski definition) is 3. The van der Waals surface area contributed by atoms with Gasteiger partial charge in [0.05, 0.1) is 14.9 Å². The third-order valence-electron chi connectivity index (χ3n) is 2.22. The molecule has 1 aromatic carbocycles. The number of anilines is 1. The average molecular weight is 356 g/mol. The van der Waals surface area contributed by atoms with Crippen molar-refractivity contribution in [2.24, 2.45) is 0 Å². The first-order valence-electron chi connectivity index (χ1n) is 5.18. The third-order valence-corrected chi connectivity index (χ3v) is 4.01. The third kappa shape index (κ3) is 3.73. The number of alkyl halides is 3. The van der Waals surface area contributed by atoms with Crippen LogP contribution in [0.2, 0.25) is 0 Å². The zero-order valence-corrected chi connectivity index (χ0v) is 12.6. The maximum atomic E-state index is 12.5. The predicted molar refractivity (Wildman–Crippen MR) is 71.3 cm³/mol. The lowest BCUT2D eigenvalue weighted by Crippen LogP contribution is -2.31. The van der Waals surface area contributed by atoms with Crippen molar-refractivity contribution in [3.63, 3.8) is 0 Å². The van der Waals surface area contributed by atoms with Crippen molar-refractivity contribution in [3.8, 4) is 0 Å². The van der Waals surface area contributed by atoms with Crippen LogP contribution < -0.4 is 5.32 Å². The SMILES string of the molecule is CC(C)(Br)C(=O)Nc1ccccc1S(=O)(=O)C(F)F. The van der Waals surface area contributed by atoms with Gasteiger partial charge in [-0.3, -0.25) is 4.79 Å². The second-order valence-electron chi connectivity index (χ2n) is 4.23. The Kier molecular flexibility index (Phi) is 4.67. The molecule has 19 heavy (non-hydrogen) atoms. The van der Waals surface area contributed by atoms with Gasteiger partial charge in [0.25, 0.3) is 0 Å². The van der Waals surface area contributed by atoms with Crippen LogP contribution in [0, 0.1) is 0 Å². The average Bonchev–Trinajstić information content (AvgIpc) is 2.28. The van der Waals surface area contributed by atoms with Crippen molar-refractivity contribution in [2.75, 3.05) is 5.32 Å². The summed E-state index contributed by atoms with van der Waals surface area (Å²) in [5, 5.41) is 2.31. The molecule has 1 amide bonds. The molecule has 0 saturated carbocycles. The van der Waals surface area contributed by atoms with E-state index in [1.54, 1.807) is 13.8 Å². The van der Waals surface area contributed by atoms with E-state index in [-0.39, 0.29) is 5.69 Å². The lowest BCUT2D eigenvalue weighted by Gasteiger charge is -2.17. The Labute approximate surface area is 118 Å². The Morgan fingerprint density at radius 3 is 2.32 bits per heavy atom. The van der Waals surface area contributed by atoms with Crippen molar-refractivity contribution in [2.45, 2.75) is 28.8 Å². The zero-order chi connectivity index (χ0) is 14.8. The Balaban J connectivity index is 3.22. The highest BCUT2D eigenvalue weighted by atomic mass is 79.9. The highest BCUT2D eigenvalue weighted by Gasteiger charge is 2.31. The van der Waals surface area contributed by atoms with Gasteiger partial charge in [-0.05, 0) is 26.0 Å². The van der Waals surface area contributed by atoms with E-state index >= 15 is 0 Å². The van der Waals surface area contributed by atoms with Gasteiger partial charge in [0, 0.05) is 0 Å². The summed E-state index contributed by atoms with van der Waals surface area (Å²) in [4.78, 5) is 11.1. The number of rotatable bonds is 4. The van der Waals surface area contributed by atoms with Gasteiger partial charge >= 0.3 is 5.76 Å². The summed E-state index contributed by atoms with van der Waals surface area (Å²) in [6.07, 6.45) is 0. The molecule has 8 heteroatoms. The number of nitrogens with one attached hydrogen (secondary N) is 1. The fourth-order valence-electron chi connectivity index (χ4n) is 1.18. The van der Waals surface area contributed by atoms with E-state index in [0.717, 1.165) is 6.07 Å². The van der Waals surface area contributed by atoms with Crippen molar-refractivity contribution in [3.05, 3.63) is 24.3 Å². The molecule has 0 atom stereocenters. The van der Waals surface area contributed by atoms with E-state index in [1.807, 2.05) is 0 Å². The first-order valence-corrected chi connectivity index (χ1v) is 7.52. The van der Waals surface area contributed by atoms with Crippen LogP contribution in [0.3, 0.4) is 0 Å². The molecular formula is C11H12BrF2NO3S. The summed E-state index contributed by atoms with van der Waals surface area (Å²) in [6, 6.07) is 5.04. The first-order chi connectivity index (χ1) is 8.56. The largest absolute Gasteiger partial charge is 0.341 e. The molecule has 0 aliphatic heterocycles. The molecule has 0 spiro atoms. The minimum absolute atomic E-state index is 0.166. The number of hydrogen-bond donors (Lipinski definition) is 1. The van der Waals surface area contributed by atoms with Gasteiger partial charge in [-0.25, -0.2) is 8.42 Å². The Morgan fingerprint density at radius 1 is 1.32 bits per heavy atom. The molecule has 4 nitrogen and oxygen atoms in total. The van der Waals surface area contributed by atoms with Crippen LogP contribution in [0.15, 0.2) is 29.2 Å². The summed E-state index contributed by atoms with van der Waals surface area (Å²) < 4.78 is 47.1. The molecule has 0 heterocycles. The number of benzene rings is 1. The molecule has 1 rings (SSSR count). The van der Waals surface area contributed by atoms with Crippen LogP contribution in [0.4, 0.5) is 14.5 Å². The van der Waals surface area contributed by atoms with E-state index in [2.05, 4.69) is 21.2 Å². The Morgan fingerprint density at radius 2 is 1.84 bits per heavy atom. The number of para-hydroxylation sites is 1.